The van der Waals surface area contributed by atoms with E-state index in [0.29, 0.717) is 0 Å². The van der Waals surface area contributed by atoms with Crippen LogP contribution in [0.3, 0.4) is 0 Å². The van der Waals surface area contributed by atoms with E-state index in [4.69, 9.17) is 0 Å². The van der Waals surface area contributed by atoms with Crippen LogP contribution >= 0.6 is 0 Å². The Bertz CT molecular complexity index is 378. The van der Waals surface area contributed by atoms with Crippen molar-refractivity contribution < 1.29 is 0 Å². The van der Waals surface area contributed by atoms with Gasteiger partial charge in [-0.1, -0.05) is 64.7 Å². The minimum atomic E-state index is 0.763. The third-order valence-corrected chi connectivity index (χ3v) is 4.66. The van der Waals surface area contributed by atoms with Crippen LogP contribution in [0.25, 0.3) is 0 Å². The van der Waals surface area contributed by atoms with E-state index in [1.807, 2.05) is 0 Å². The van der Waals surface area contributed by atoms with E-state index in [0.717, 1.165) is 11.8 Å². The predicted molar refractivity (Wildman–Crippen MR) is 80.2 cm³/mol. The summed E-state index contributed by atoms with van der Waals surface area (Å²) in [6.07, 6.45) is 9.49. The third kappa shape index (κ3) is 3.16. The van der Waals surface area contributed by atoms with Gasteiger partial charge >= 0.3 is 0 Å². The summed E-state index contributed by atoms with van der Waals surface area (Å²) in [5, 5.41) is 0. The Morgan fingerprint density at radius 2 is 1.83 bits per heavy atom. The molecular weight excluding hydrogens is 216 g/mol. The van der Waals surface area contributed by atoms with Crippen molar-refractivity contribution in [3.63, 3.8) is 0 Å². The number of hydrogen-bond donors (Lipinski definition) is 0. The predicted octanol–water partition coefficient (Wildman–Crippen LogP) is 5.50. The molecule has 0 radical (unpaired) electrons. The lowest BCUT2D eigenvalue weighted by atomic mass is 9.96. The van der Waals surface area contributed by atoms with Crippen LogP contribution in [-0.4, -0.2) is 0 Å². The van der Waals surface area contributed by atoms with Crippen molar-refractivity contribution >= 4 is 0 Å². The average molecular weight is 244 g/mol. The maximum atomic E-state index is 2.48. The summed E-state index contributed by atoms with van der Waals surface area (Å²) in [4.78, 5) is 0. The molecule has 1 aromatic rings. The SMILES string of the molecule is CCCCCCCc1ccc2c(c1)CC(C)C2C. The molecule has 2 rings (SSSR count). The standard InChI is InChI=1S/C18H28/c1-4-5-6-7-8-9-16-10-11-18-15(3)14(2)12-17(18)13-16/h10-11,13-15H,4-9,12H2,1-3H3. The summed E-state index contributed by atoms with van der Waals surface area (Å²) in [5.74, 6) is 1.60. The first-order valence-corrected chi connectivity index (χ1v) is 7.84. The average Bonchev–Trinajstić information content (AvgIpc) is 2.65. The van der Waals surface area contributed by atoms with Gasteiger partial charge in [-0.05, 0) is 47.8 Å². The fourth-order valence-corrected chi connectivity index (χ4v) is 3.20. The zero-order valence-corrected chi connectivity index (χ0v) is 12.3. The van der Waals surface area contributed by atoms with Crippen LogP contribution < -0.4 is 0 Å². The molecule has 0 saturated heterocycles. The van der Waals surface area contributed by atoms with Gasteiger partial charge in [-0.3, -0.25) is 0 Å². The molecule has 2 unspecified atom stereocenters. The first kappa shape index (κ1) is 13.6. The molecule has 1 aliphatic carbocycles. The van der Waals surface area contributed by atoms with Crippen molar-refractivity contribution in [1.29, 1.82) is 0 Å². The van der Waals surface area contributed by atoms with Crippen LogP contribution in [0.4, 0.5) is 0 Å². The molecule has 0 N–H and O–H groups in total. The number of fused-ring (bicyclic) bond motifs is 1. The lowest BCUT2D eigenvalue weighted by Gasteiger charge is -2.09. The van der Waals surface area contributed by atoms with Crippen molar-refractivity contribution in [2.75, 3.05) is 0 Å². The molecule has 0 amide bonds. The topological polar surface area (TPSA) is 0 Å². The third-order valence-electron chi connectivity index (χ3n) is 4.66. The van der Waals surface area contributed by atoms with Crippen molar-refractivity contribution in [3.8, 4) is 0 Å². The molecule has 0 bridgehead atoms. The number of aryl methyl sites for hydroxylation is 1. The van der Waals surface area contributed by atoms with Gasteiger partial charge in [0, 0.05) is 0 Å². The molecule has 1 aliphatic rings. The second-order valence-corrected chi connectivity index (χ2v) is 6.17. The van der Waals surface area contributed by atoms with Gasteiger partial charge in [-0.25, -0.2) is 0 Å². The molecule has 0 nitrogen and oxygen atoms in total. The van der Waals surface area contributed by atoms with E-state index in [1.54, 1.807) is 16.7 Å². The number of hydrogen-bond acceptors (Lipinski definition) is 0. The Labute approximate surface area is 113 Å². The summed E-state index contributed by atoms with van der Waals surface area (Å²) >= 11 is 0. The van der Waals surface area contributed by atoms with Gasteiger partial charge in [0.25, 0.3) is 0 Å². The molecule has 0 heterocycles. The molecular formula is C18H28. The first-order valence-electron chi connectivity index (χ1n) is 7.84. The molecule has 0 fully saturated rings. The van der Waals surface area contributed by atoms with Crippen LogP contribution in [-0.2, 0) is 12.8 Å². The molecule has 1 aromatic carbocycles. The molecule has 0 spiro atoms. The van der Waals surface area contributed by atoms with Gasteiger partial charge in [0.15, 0.2) is 0 Å². The van der Waals surface area contributed by atoms with E-state index in [-0.39, 0.29) is 0 Å². The van der Waals surface area contributed by atoms with Crippen molar-refractivity contribution in [2.24, 2.45) is 5.92 Å². The van der Waals surface area contributed by atoms with Gasteiger partial charge in [-0.15, -0.1) is 0 Å². The fourth-order valence-electron chi connectivity index (χ4n) is 3.20. The molecule has 0 aliphatic heterocycles. The number of rotatable bonds is 6. The highest BCUT2D eigenvalue weighted by Gasteiger charge is 2.25. The molecule has 18 heavy (non-hydrogen) atoms. The molecule has 0 saturated carbocycles. The fraction of sp³-hybridized carbons (Fsp3) is 0.667. The van der Waals surface area contributed by atoms with Gasteiger partial charge < -0.3 is 0 Å². The quantitative estimate of drug-likeness (QED) is 0.580. The van der Waals surface area contributed by atoms with Crippen LogP contribution in [0.1, 0.15) is 75.5 Å². The normalized spacial score (nSPS) is 22.2. The summed E-state index contributed by atoms with van der Waals surface area (Å²) < 4.78 is 0. The zero-order valence-electron chi connectivity index (χ0n) is 12.3. The maximum Gasteiger partial charge on any atom is -0.0159 e. The van der Waals surface area contributed by atoms with Crippen LogP contribution in [0.2, 0.25) is 0 Å². The van der Waals surface area contributed by atoms with E-state index >= 15 is 0 Å². The molecule has 0 heteroatoms. The first-order chi connectivity index (χ1) is 8.72. The summed E-state index contributed by atoms with van der Waals surface area (Å²) in [5.41, 5.74) is 4.80. The molecule has 2 atom stereocenters. The van der Waals surface area contributed by atoms with Crippen molar-refractivity contribution in [3.05, 3.63) is 34.9 Å². The van der Waals surface area contributed by atoms with Gasteiger partial charge in [-0.2, -0.15) is 0 Å². The highest BCUT2D eigenvalue weighted by molar-refractivity contribution is 5.38. The summed E-state index contributed by atoms with van der Waals surface area (Å²) in [7, 11) is 0. The molecule has 100 valence electrons. The van der Waals surface area contributed by atoms with Gasteiger partial charge in [0.1, 0.15) is 0 Å². The smallest absolute Gasteiger partial charge is 0.0159 e. The Balaban J connectivity index is 1.87. The van der Waals surface area contributed by atoms with Crippen LogP contribution in [0.5, 0.6) is 0 Å². The second kappa shape index (κ2) is 6.41. The van der Waals surface area contributed by atoms with Crippen molar-refractivity contribution in [2.45, 2.75) is 71.6 Å². The minimum absolute atomic E-state index is 0.763. The monoisotopic (exact) mass is 244 g/mol. The van der Waals surface area contributed by atoms with Crippen molar-refractivity contribution in [1.82, 2.24) is 0 Å². The summed E-state index contributed by atoms with van der Waals surface area (Å²) in [6, 6.07) is 7.24. The van der Waals surface area contributed by atoms with Gasteiger partial charge in [0.05, 0.1) is 0 Å². The second-order valence-electron chi connectivity index (χ2n) is 6.17. The van der Waals surface area contributed by atoms with E-state index in [2.05, 4.69) is 39.0 Å². The zero-order chi connectivity index (χ0) is 13.0. The Kier molecular flexibility index (Phi) is 4.86. The largest absolute Gasteiger partial charge is 0.0654 e. The van der Waals surface area contributed by atoms with E-state index < -0.39 is 0 Å². The summed E-state index contributed by atoms with van der Waals surface area (Å²) in [6.45, 7) is 7.04. The minimum Gasteiger partial charge on any atom is -0.0654 e. The van der Waals surface area contributed by atoms with Crippen LogP contribution in [0.15, 0.2) is 18.2 Å². The van der Waals surface area contributed by atoms with E-state index in [1.165, 1.54) is 44.9 Å². The lowest BCUT2D eigenvalue weighted by Crippen LogP contribution is -1.97. The highest BCUT2D eigenvalue weighted by atomic mass is 14.3. The van der Waals surface area contributed by atoms with Gasteiger partial charge in [0.2, 0.25) is 0 Å². The Morgan fingerprint density at radius 1 is 1.06 bits per heavy atom. The Hall–Kier alpha value is -0.780. The number of benzene rings is 1. The van der Waals surface area contributed by atoms with E-state index in [9.17, 15) is 0 Å². The Morgan fingerprint density at radius 3 is 2.61 bits per heavy atom. The highest BCUT2D eigenvalue weighted by Crippen LogP contribution is 2.37. The maximum absolute atomic E-state index is 2.48. The molecule has 0 aromatic heterocycles. The van der Waals surface area contributed by atoms with Crippen LogP contribution in [0, 0.1) is 5.92 Å². The number of unbranched alkanes of at least 4 members (excludes halogenated alkanes) is 4. The lowest BCUT2D eigenvalue weighted by molar-refractivity contribution is 0.532.